The van der Waals surface area contributed by atoms with Crippen LogP contribution in [0, 0.1) is 23.0 Å². The van der Waals surface area contributed by atoms with E-state index < -0.39 is 11.6 Å². The highest BCUT2D eigenvalue weighted by Crippen LogP contribution is 2.26. The zero-order valence-electron chi connectivity index (χ0n) is 8.24. The Labute approximate surface area is 91.6 Å². The summed E-state index contributed by atoms with van der Waals surface area (Å²) >= 11 is 0. The predicted octanol–water partition coefficient (Wildman–Crippen LogP) is 3.50. The Morgan fingerprint density at radius 1 is 0.875 bits per heavy atom. The Hall–Kier alpha value is -2.21. The van der Waals surface area contributed by atoms with Gasteiger partial charge in [0.15, 0.2) is 0 Å². The average molecular weight is 215 g/mol. The van der Waals surface area contributed by atoms with Crippen LogP contribution < -0.4 is 0 Å². The van der Waals surface area contributed by atoms with Crippen LogP contribution in [-0.4, -0.2) is 0 Å². The molecule has 0 aromatic heterocycles. The first-order valence-corrected chi connectivity index (χ1v) is 4.67. The van der Waals surface area contributed by atoms with Crippen molar-refractivity contribution >= 4 is 0 Å². The van der Waals surface area contributed by atoms with Crippen LogP contribution in [0.4, 0.5) is 8.78 Å². The lowest BCUT2D eigenvalue weighted by molar-refractivity contribution is 0.616. The van der Waals surface area contributed by atoms with Crippen molar-refractivity contribution in [3.05, 3.63) is 59.7 Å². The minimum atomic E-state index is -0.538. The van der Waals surface area contributed by atoms with Crippen LogP contribution in [0.3, 0.4) is 0 Å². The lowest BCUT2D eigenvalue weighted by Gasteiger charge is -2.04. The second-order valence-corrected chi connectivity index (χ2v) is 3.29. The topological polar surface area (TPSA) is 23.8 Å². The normalized spacial score (nSPS) is 9.81. The molecule has 0 radical (unpaired) electrons. The van der Waals surface area contributed by atoms with E-state index in [-0.39, 0.29) is 11.1 Å². The van der Waals surface area contributed by atoms with Gasteiger partial charge in [-0.15, -0.1) is 0 Å². The number of halogens is 2. The quantitative estimate of drug-likeness (QED) is 0.714. The molecular weight excluding hydrogens is 208 g/mol. The molecule has 0 bridgehead atoms. The van der Waals surface area contributed by atoms with E-state index in [2.05, 4.69) is 0 Å². The van der Waals surface area contributed by atoms with Gasteiger partial charge in [-0.3, -0.25) is 0 Å². The van der Waals surface area contributed by atoms with Crippen LogP contribution in [0.25, 0.3) is 11.1 Å². The van der Waals surface area contributed by atoms with E-state index in [1.807, 2.05) is 6.07 Å². The molecule has 2 aromatic carbocycles. The van der Waals surface area contributed by atoms with Gasteiger partial charge in [-0.1, -0.05) is 18.2 Å². The highest BCUT2D eigenvalue weighted by atomic mass is 19.1. The third-order valence-corrected chi connectivity index (χ3v) is 2.26. The smallest absolute Gasteiger partial charge is 0.131 e. The Morgan fingerprint density at radius 2 is 1.56 bits per heavy atom. The lowest BCUT2D eigenvalue weighted by atomic mass is 10.0. The average Bonchev–Trinajstić information content (AvgIpc) is 2.31. The third-order valence-electron chi connectivity index (χ3n) is 2.26. The van der Waals surface area contributed by atoms with Gasteiger partial charge in [0.1, 0.15) is 11.6 Å². The van der Waals surface area contributed by atoms with Crippen molar-refractivity contribution in [2.24, 2.45) is 0 Å². The minimum Gasteiger partial charge on any atom is -0.206 e. The maximum absolute atomic E-state index is 13.5. The summed E-state index contributed by atoms with van der Waals surface area (Å²) in [6, 6.07) is 11.7. The molecule has 3 heteroatoms. The van der Waals surface area contributed by atoms with Gasteiger partial charge < -0.3 is 0 Å². The molecule has 0 atom stereocenters. The number of hydrogen-bond acceptors (Lipinski definition) is 1. The Bertz CT molecular complexity index is 570. The van der Waals surface area contributed by atoms with Crippen molar-refractivity contribution in [1.82, 2.24) is 0 Å². The summed E-state index contributed by atoms with van der Waals surface area (Å²) in [5.41, 5.74) is 0.578. The molecule has 0 spiro atoms. The SMILES string of the molecule is N#Cc1ccc(F)c(-c2ccccc2F)c1. The molecule has 2 rings (SSSR count). The fourth-order valence-electron chi connectivity index (χ4n) is 1.48. The van der Waals surface area contributed by atoms with Crippen molar-refractivity contribution in [2.75, 3.05) is 0 Å². The molecule has 2 aromatic rings. The van der Waals surface area contributed by atoms with E-state index in [1.54, 1.807) is 6.07 Å². The Kier molecular flexibility index (Phi) is 2.65. The number of benzene rings is 2. The maximum Gasteiger partial charge on any atom is 0.131 e. The molecule has 0 aliphatic carbocycles. The molecule has 0 saturated heterocycles. The molecule has 0 fully saturated rings. The second kappa shape index (κ2) is 4.11. The van der Waals surface area contributed by atoms with Crippen LogP contribution in [0.5, 0.6) is 0 Å². The first-order chi connectivity index (χ1) is 7.72. The van der Waals surface area contributed by atoms with Gasteiger partial charge in [-0.2, -0.15) is 5.26 Å². The highest BCUT2D eigenvalue weighted by Gasteiger charge is 2.09. The summed E-state index contributed by atoms with van der Waals surface area (Å²) in [5.74, 6) is -1.04. The zero-order valence-corrected chi connectivity index (χ0v) is 8.24. The van der Waals surface area contributed by atoms with E-state index in [9.17, 15) is 8.78 Å². The molecule has 0 N–H and O–H groups in total. The Balaban J connectivity index is 2.65. The van der Waals surface area contributed by atoms with Crippen LogP contribution in [0.2, 0.25) is 0 Å². The van der Waals surface area contributed by atoms with Crippen LogP contribution in [-0.2, 0) is 0 Å². The first-order valence-electron chi connectivity index (χ1n) is 4.67. The monoisotopic (exact) mass is 215 g/mol. The molecule has 0 aliphatic rings. The molecule has 0 saturated carbocycles. The predicted molar refractivity (Wildman–Crippen MR) is 56.5 cm³/mol. The first kappa shape index (κ1) is 10.3. The maximum atomic E-state index is 13.5. The molecule has 0 unspecified atom stereocenters. The number of nitrogens with zero attached hydrogens (tertiary/aromatic N) is 1. The molecule has 0 aliphatic heterocycles. The van der Waals surface area contributed by atoms with E-state index in [0.717, 1.165) is 0 Å². The molecule has 1 nitrogen and oxygen atoms in total. The van der Waals surface area contributed by atoms with Crippen molar-refractivity contribution in [3.8, 4) is 17.2 Å². The summed E-state index contributed by atoms with van der Waals surface area (Å²) in [7, 11) is 0. The number of nitriles is 1. The number of rotatable bonds is 1. The van der Waals surface area contributed by atoms with E-state index in [4.69, 9.17) is 5.26 Å². The van der Waals surface area contributed by atoms with Crippen molar-refractivity contribution in [2.45, 2.75) is 0 Å². The van der Waals surface area contributed by atoms with E-state index >= 15 is 0 Å². The van der Waals surface area contributed by atoms with Gasteiger partial charge in [0.05, 0.1) is 11.6 Å². The summed E-state index contributed by atoms with van der Waals surface area (Å²) in [4.78, 5) is 0. The molecule has 16 heavy (non-hydrogen) atoms. The van der Waals surface area contributed by atoms with Crippen molar-refractivity contribution < 1.29 is 8.78 Å². The highest BCUT2D eigenvalue weighted by molar-refractivity contribution is 5.66. The standard InChI is InChI=1S/C13H7F2N/c14-12-4-2-1-3-10(12)11-7-9(8-16)5-6-13(11)15/h1-7H. The van der Waals surface area contributed by atoms with Gasteiger partial charge in [0, 0.05) is 11.1 Å². The summed E-state index contributed by atoms with van der Waals surface area (Å²) in [5, 5.41) is 8.70. The zero-order chi connectivity index (χ0) is 11.5. The van der Waals surface area contributed by atoms with Gasteiger partial charge in [0.2, 0.25) is 0 Å². The van der Waals surface area contributed by atoms with E-state index in [0.29, 0.717) is 5.56 Å². The summed E-state index contributed by atoms with van der Waals surface area (Å²) in [6.45, 7) is 0. The summed E-state index contributed by atoms with van der Waals surface area (Å²) in [6.07, 6.45) is 0. The van der Waals surface area contributed by atoms with Crippen molar-refractivity contribution in [1.29, 1.82) is 5.26 Å². The van der Waals surface area contributed by atoms with Crippen LogP contribution in [0.1, 0.15) is 5.56 Å². The van der Waals surface area contributed by atoms with Gasteiger partial charge in [-0.05, 0) is 24.3 Å². The molecule has 78 valence electrons. The molecule has 0 heterocycles. The van der Waals surface area contributed by atoms with Crippen LogP contribution in [0.15, 0.2) is 42.5 Å². The van der Waals surface area contributed by atoms with E-state index in [1.165, 1.54) is 36.4 Å². The summed E-state index contributed by atoms with van der Waals surface area (Å²) < 4.78 is 26.9. The van der Waals surface area contributed by atoms with Crippen LogP contribution >= 0.6 is 0 Å². The Morgan fingerprint density at radius 3 is 2.25 bits per heavy atom. The van der Waals surface area contributed by atoms with Gasteiger partial charge in [-0.25, -0.2) is 8.78 Å². The third kappa shape index (κ3) is 1.78. The lowest BCUT2D eigenvalue weighted by Crippen LogP contribution is -1.89. The molecule has 0 amide bonds. The van der Waals surface area contributed by atoms with Crippen molar-refractivity contribution in [3.63, 3.8) is 0 Å². The van der Waals surface area contributed by atoms with Gasteiger partial charge >= 0.3 is 0 Å². The second-order valence-electron chi connectivity index (χ2n) is 3.29. The minimum absolute atomic E-state index is 0.108. The van der Waals surface area contributed by atoms with Gasteiger partial charge in [0.25, 0.3) is 0 Å². The number of hydrogen-bond donors (Lipinski definition) is 0. The fraction of sp³-hybridized carbons (Fsp3) is 0. The fourth-order valence-corrected chi connectivity index (χ4v) is 1.48. The largest absolute Gasteiger partial charge is 0.206 e. The molecular formula is C13H7F2N.